The van der Waals surface area contributed by atoms with Gasteiger partial charge < -0.3 is 15.8 Å². The fourth-order valence-corrected chi connectivity index (χ4v) is 1.92. The molecule has 98 valence electrons. The van der Waals surface area contributed by atoms with Gasteiger partial charge in [-0.25, -0.2) is 0 Å². The highest BCUT2D eigenvalue weighted by molar-refractivity contribution is 14.1. The van der Waals surface area contributed by atoms with Gasteiger partial charge in [0.15, 0.2) is 0 Å². The molecule has 2 aromatic carbocycles. The van der Waals surface area contributed by atoms with Crippen LogP contribution in [0.2, 0.25) is 0 Å². The van der Waals surface area contributed by atoms with Crippen LogP contribution in [0.5, 0.6) is 11.5 Å². The Morgan fingerprint density at radius 1 is 1.21 bits per heavy atom. The van der Waals surface area contributed by atoms with Crippen LogP contribution in [0.15, 0.2) is 42.5 Å². The van der Waals surface area contributed by atoms with Crippen molar-refractivity contribution in [2.75, 3.05) is 12.8 Å². The quantitative estimate of drug-likeness (QED) is 0.647. The summed E-state index contributed by atoms with van der Waals surface area (Å²) in [5.41, 5.74) is 6.82. The van der Waals surface area contributed by atoms with Crippen molar-refractivity contribution < 1.29 is 9.53 Å². The first-order chi connectivity index (χ1) is 9.10. The summed E-state index contributed by atoms with van der Waals surface area (Å²) in [6, 6.07) is 12.6. The van der Waals surface area contributed by atoms with Gasteiger partial charge in [0.05, 0.1) is 5.69 Å². The SMILES string of the molecule is CNC(=O)c1ccc(Oc2ccc(I)cc2)c(N)c1. The highest BCUT2D eigenvalue weighted by Crippen LogP contribution is 2.28. The molecule has 0 heterocycles. The molecule has 19 heavy (non-hydrogen) atoms. The first-order valence-electron chi connectivity index (χ1n) is 5.65. The van der Waals surface area contributed by atoms with Crippen molar-refractivity contribution >= 4 is 34.2 Å². The lowest BCUT2D eigenvalue weighted by Gasteiger charge is -2.09. The molecule has 0 aromatic heterocycles. The Balaban J connectivity index is 2.22. The standard InChI is InChI=1S/C14H13IN2O2/c1-17-14(18)9-2-7-13(12(16)8-9)19-11-5-3-10(15)4-6-11/h2-8H,16H2,1H3,(H,17,18). The molecule has 0 fully saturated rings. The number of nitrogens with one attached hydrogen (secondary N) is 1. The largest absolute Gasteiger partial charge is 0.455 e. The molecule has 0 radical (unpaired) electrons. The van der Waals surface area contributed by atoms with Crippen LogP contribution < -0.4 is 15.8 Å². The lowest BCUT2D eigenvalue weighted by atomic mass is 10.2. The molecule has 2 rings (SSSR count). The number of carbonyl (C=O) groups excluding carboxylic acids is 1. The Hall–Kier alpha value is -1.76. The number of ether oxygens (including phenoxy) is 1. The lowest BCUT2D eigenvalue weighted by Crippen LogP contribution is -2.17. The highest BCUT2D eigenvalue weighted by Gasteiger charge is 2.08. The molecule has 5 heteroatoms. The van der Waals surface area contributed by atoms with Gasteiger partial charge in [0.1, 0.15) is 11.5 Å². The van der Waals surface area contributed by atoms with E-state index in [0.717, 1.165) is 3.57 Å². The van der Waals surface area contributed by atoms with Crippen LogP contribution in [0.1, 0.15) is 10.4 Å². The number of carbonyl (C=O) groups is 1. The van der Waals surface area contributed by atoms with Crippen LogP contribution in [-0.4, -0.2) is 13.0 Å². The molecule has 0 aliphatic rings. The molecule has 0 saturated carbocycles. The minimum Gasteiger partial charge on any atom is -0.455 e. The van der Waals surface area contributed by atoms with Gasteiger partial charge in [-0.15, -0.1) is 0 Å². The Labute approximate surface area is 125 Å². The van der Waals surface area contributed by atoms with Crippen molar-refractivity contribution in [3.05, 3.63) is 51.6 Å². The normalized spacial score (nSPS) is 10.0. The molecular weight excluding hydrogens is 355 g/mol. The minimum atomic E-state index is -0.174. The number of hydrogen-bond donors (Lipinski definition) is 2. The summed E-state index contributed by atoms with van der Waals surface area (Å²) in [6.07, 6.45) is 0. The first kappa shape index (κ1) is 13.7. The van der Waals surface area contributed by atoms with Crippen molar-refractivity contribution in [1.82, 2.24) is 5.32 Å². The molecule has 0 unspecified atom stereocenters. The smallest absolute Gasteiger partial charge is 0.251 e. The molecule has 0 aliphatic carbocycles. The number of anilines is 1. The van der Waals surface area contributed by atoms with E-state index >= 15 is 0 Å². The van der Waals surface area contributed by atoms with E-state index in [9.17, 15) is 4.79 Å². The Morgan fingerprint density at radius 3 is 2.47 bits per heavy atom. The van der Waals surface area contributed by atoms with E-state index in [-0.39, 0.29) is 5.91 Å². The van der Waals surface area contributed by atoms with Crippen LogP contribution in [0, 0.1) is 3.57 Å². The summed E-state index contributed by atoms with van der Waals surface area (Å²) in [7, 11) is 1.58. The Morgan fingerprint density at radius 2 is 1.89 bits per heavy atom. The summed E-state index contributed by atoms with van der Waals surface area (Å²) in [6.45, 7) is 0. The molecule has 2 aromatic rings. The second kappa shape index (κ2) is 5.92. The van der Waals surface area contributed by atoms with E-state index in [2.05, 4.69) is 27.9 Å². The Bertz CT molecular complexity index is 597. The Kier molecular flexibility index (Phi) is 4.26. The van der Waals surface area contributed by atoms with Crippen molar-refractivity contribution in [3.8, 4) is 11.5 Å². The molecular formula is C14H13IN2O2. The van der Waals surface area contributed by atoms with Crippen molar-refractivity contribution in [3.63, 3.8) is 0 Å². The first-order valence-corrected chi connectivity index (χ1v) is 6.73. The monoisotopic (exact) mass is 368 g/mol. The van der Waals surface area contributed by atoms with E-state index in [1.807, 2.05) is 24.3 Å². The third-order valence-electron chi connectivity index (χ3n) is 2.54. The van der Waals surface area contributed by atoms with Crippen molar-refractivity contribution in [1.29, 1.82) is 0 Å². The van der Waals surface area contributed by atoms with Crippen LogP contribution in [0.3, 0.4) is 0 Å². The number of nitrogen functional groups attached to an aromatic ring is 1. The second-order valence-electron chi connectivity index (χ2n) is 3.89. The summed E-state index contributed by atoms with van der Waals surface area (Å²) in [5.74, 6) is 1.07. The molecule has 3 N–H and O–H groups in total. The molecule has 1 amide bonds. The maximum absolute atomic E-state index is 11.5. The molecule has 0 saturated heterocycles. The van der Waals surface area contributed by atoms with Gasteiger partial charge in [0.25, 0.3) is 5.91 Å². The third-order valence-corrected chi connectivity index (χ3v) is 3.26. The topological polar surface area (TPSA) is 64.3 Å². The number of rotatable bonds is 3. The van der Waals surface area contributed by atoms with Gasteiger partial charge in [0.2, 0.25) is 0 Å². The third kappa shape index (κ3) is 3.37. The van der Waals surface area contributed by atoms with E-state index in [1.54, 1.807) is 25.2 Å². The summed E-state index contributed by atoms with van der Waals surface area (Å²) in [4.78, 5) is 11.5. The number of nitrogens with two attached hydrogens (primary N) is 1. The van der Waals surface area contributed by atoms with Gasteiger partial charge in [0, 0.05) is 16.2 Å². The summed E-state index contributed by atoms with van der Waals surface area (Å²) >= 11 is 2.23. The van der Waals surface area contributed by atoms with E-state index in [1.165, 1.54) is 0 Å². The van der Waals surface area contributed by atoms with Gasteiger partial charge in [-0.3, -0.25) is 4.79 Å². The summed E-state index contributed by atoms with van der Waals surface area (Å²) < 4.78 is 6.80. The number of hydrogen-bond acceptors (Lipinski definition) is 3. The molecule has 4 nitrogen and oxygen atoms in total. The maximum Gasteiger partial charge on any atom is 0.251 e. The molecule has 0 atom stereocenters. The zero-order valence-corrected chi connectivity index (χ0v) is 12.5. The minimum absolute atomic E-state index is 0.174. The van der Waals surface area contributed by atoms with Gasteiger partial charge in [-0.2, -0.15) is 0 Å². The van der Waals surface area contributed by atoms with Crippen LogP contribution >= 0.6 is 22.6 Å². The number of amides is 1. The van der Waals surface area contributed by atoms with Gasteiger partial charge >= 0.3 is 0 Å². The van der Waals surface area contributed by atoms with Crippen molar-refractivity contribution in [2.45, 2.75) is 0 Å². The zero-order chi connectivity index (χ0) is 13.8. The lowest BCUT2D eigenvalue weighted by molar-refractivity contribution is 0.0963. The van der Waals surface area contributed by atoms with E-state index < -0.39 is 0 Å². The maximum atomic E-state index is 11.5. The van der Waals surface area contributed by atoms with Crippen LogP contribution in [0.4, 0.5) is 5.69 Å². The van der Waals surface area contributed by atoms with Gasteiger partial charge in [-0.1, -0.05) is 0 Å². The summed E-state index contributed by atoms with van der Waals surface area (Å²) in [5, 5.41) is 2.55. The fraction of sp³-hybridized carbons (Fsp3) is 0.0714. The van der Waals surface area contributed by atoms with Gasteiger partial charge in [-0.05, 0) is 65.1 Å². The molecule has 0 bridgehead atoms. The number of halogens is 1. The highest BCUT2D eigenvalue weighted by atomic mass is 127. The molecule has 0 spiro atoms. The average Bonchev–Trinajstić information content (AvgIpc) is 2.42. The molecule has 0 aliphatic heterocycles. The average molecular weight is 368 g/mol. The fourth-order valence-electron chi connectivity index (χ4n) is 1.56. The van der Waals surface area contributed by atoms with Crippen molar-refractivity contribution in [2.24, 2.45) is 0 Å². The predicted octanol–water partition coefficient (Wildman–Crippen LogP) is 3.03. The zero-order valence-electron chi connectivity index (χ0n) is 10.3. The van der Waals surface area contributed by atoms with E-state index in [0.29, 0.717) is 22.7 Å². The van der Waals surface area contributed by atoms with Crippen LogP contribution in [0.25, 0.3) is 0 Å². The van der Waals surface area contributed by atoms with E-state index in [4.69, 9.17) is 10.5 Å². The number of benzene rings is 2. The van der Waals surface area contributed by atoms with Crippen LogP contribution in [-0.2, 0) is 0 Å². The second-order valence-corrected chi connectivity index (χ2v) is 5.13. The predicted molar refractivity (Wildman–Crippen MR) is 83.5 cm³/mol.